The van der Waals surface area contributed by atoms with Crippen molar-refractivity contribution in [1.29, 1.82) is 0 Å². The molecule has 48 heavy (non-hydrogen) atoms. The van der Waals surface area contributed by atoms with Gasteiger partial charge in [-0.3, -0.25) is 19.2 Å². The van der Waals surface area contributed by atoms with Crippen molar-refractivity contribution in [3.8, 4) is 0 Å². The topological polar surface area (TPSA) is 172 Å². The highest BCUT2D eigenvalue weighted by Gasteiger charge is 2.70. The lowest BCUT2D eigenvalue weighted by Gasteiger charge is -2.38. The van der Waals surface area contributed by atoms with Crippen molar-refractivity contribution in [2.75, 3.05) is 19.7 Å². The Hall–Kier alpha value is -3.64. The van der Waals surface area contributed by atoms with E-state index in [4.69, 9.17) is 9.47 Å². The molecule has 3 rings (SSSR count). The summed E-state index contributed by atoms with van der Waals surface area (Å²) in [5, 5.41) is 11.1. The van der Waals surface area contributed by atoms with Crippen LogP contribution in [0.2, 0.25) is 0 Å². The Bertz CT molecular complexity index is 1220. The minimum absolute atomic E-state index is 0.0617. The summed E-state index contributed by atoms with van der Waals surface area (Å²) in [5.41, 5.74) is -0.931. The van der Waals surface area contributed by atoms with Gasteiger partial charge in [0.1, 0.15) is 18.7 Å². The van der Waals surface area contributed by atoms with Gasteiger partial charge in [0.25, 0.3) is 5.91 Å². The van der Waals surface area contributed by atoms with E-state index in [9.17, 15) is 28.8 Å². The fourth-order valence-electron chi connectivity index (χ4n) is 7.23. The summed E-state index contributed by atoms with van der Waals surface area (Å²) in [7, 11) is 0. The molecular weight excluding hydrogens is 618 g/mol. The molecule has 0 radical (unpaired) electrons. The third-order valence-corrected chi connectivity index (χ3v) is 9.99. The zero-order chi connectivity index (χ0) is 36.0. The Morgan fingerprint density at radius 1 is 1.02 bits per heavy atom. The van der Waals surface area contributed by atoms with E-state index in [1.807, 2.05) is 27.7 Å². The average Bonchev–Trinajstić information content (AvgIpc) is 3.44. The molecule has 3 fully saturated rings. The standard InChI is InChI=1S/C35H57N5O8/c1-10-14-23(27(41)30(43)36-17-11-2)37-29(42)26-25-22(35(25,8)9)18-40(26)31(44)28(34(5,6)7)39-32(45)38-24(21-15-12-13-16-21)19-47-33(46)48-20(3)4/h11,20-26,28H,2,10,12-19H2,1,3-9H3,(H,36,43)(H,37,42)(H2,38,39,45)/t22-,23?,24+,25-,26-,28+/m0/s1. The van der Waals surface area contributed by atoms with Crippen molar-refractivity contribution >= 4 is 35.7 Å². The van der Waals surface area contributed by atoms with Crippen LogP contribution in [0.4, 0.5) is 9.59 Å². The summed E-state index contributed by atoms with van der Waals surface area (Å²) in [5.74, 6) is -2.43. The SMILES string of the molecule is C=CCNC(=O)C(=O)C(CCC)NC(=O)[C@@H]1[C@@H]2[C@H](CN1C(=O)[C@@H](NC(=O)N[C@H](COC(=O)OC(C)C)C1CCCC1)C(C)(C)C)C2(C)C. The monoisotopic (exact) mass is 675 g/mol. The quantitative estimate of drug-likeness (QED) is 0.116. The summed E-state index contributed by atoms with van der Waals surface area (Å²) in [6, 6.07) is -3.96. The van der Waals surface area contributed by atoms with Crippen molar-refractivity contribution in [3.05, 3.63) is 12.7 Å². The second-order valence-electron chi connectivity index (χ2n) is 15.4. The highest BCUT2D eigenvalue weighted by molar-refractivity contribution is 6.38. The van der Waals surface area contributed by atoms with Gasteiger partial charge < -0.3 is 35.6 Å². The van der Waals surface area contributed by atoms with Gasteiger partial charge in [0.05, 0.1) is 18.2 Å². The molecule has 270 valence electrons. The number of ether oxygens (including phenoxy) is 2. The molecule has 0 aromatic heterocycles. The lowest BCUT2D eigenvalue weighted by atomic mass is 9.85. The molecule has 1 aliphatic heterocycles. The van der Waals surface area contributed by atoms with Crippen molar-refractivity contribution in [3.63, 3.8) is 0 Å². The molecule has 2 aliphatic carbocycles. The molecule has 4 N–H and O–H groups in total. The Morgan fingerprint density at radius 3 is 2.23 bits per heavy atom. The molecule has 3 aliphatic rings. The number of carbonyl (C=O) groups excluding carboxylic acids is 6. The molecule has 1 saturated heterocycles. The second kappa shape index (κ2) is 16.2. The van der Waals surface area contributed by atoms with Crippen molar-refractivity contribution in [2.45, 2.75) is 124 Å². The number of urea groups is 1. The van der Waals surface area contributed by atoms with E-state index in [0.717, 1.165) is 25.7 Å². The maximum atomic E-state index is 14.3. The van der Waals surface area contributed by atoms with Crippen LogP contribution in [-0.2, 0) is 28.7 Å². The van der Waals surface area contributed by atoms with Crippen LogP contribution in [0.25, 0.3) is 0 Å². The predicted octanol–water partition coefficient (Wildman–Crippen LogP) is 3.46. The normalized spacial score (nSPS) is 23.3. The summed E-state index contributed by atoms with van der Waals surface area (Å²) in [6.45, 7) is 18.8. The largest absolute Gasteiger partial charge is 0.508 e. The highest BCUT2D eigenvalue weighted by Crippen LogP contribution is 2.65. The van der Waals surface area contributed by atoms with Crippen molar-refractivity contribution < 1.29 is 38.2 Å². The number of fused-ring (bicyclic) bond motifs is 1. The molecule has 0 bridgehead atoms. The Balaban J connectivity index is 1.78. The van der Waals surface area contributed by atoms with E-state index in [0.29, 0.717) is 13.0 Å². The van der Waals surface area contributed by atoms with E-state index in [2.05, 4.69) is 41.7 Å². The average molecular weight is 676 g/mol. The molecule has 0 aromatic carbocycles. The van der Waals surface area contributed by atoms with Crippen LogP contribution in [0.5, 0.6) is 0 Å². The first-order valence-corrected chi connectivity index (χ1v) is 17.4. The van der Waals surface area contributed by atoms with Crippen LogP contribution in [0.1, 0.15) is 93.9 Å². The van der Waals surface area contributed by atoms with Gasteiger partial charge in [-0.25, -0.2) is 9.59 Å². The van der Waals surface area contributed by atoms with Gasteiger partial charge in [-0.2, -0.15) is 0 Å². The number of hydrogen-bond donors (Lipinski definition) is 4. The Labute approximate surface area is 285 Å². The van der Waals surface area contributed by atoms with Crippen LogP contribution in [0.15, 0.2) is 12.7 Å². The lowest BCUT2D eigenvalue weighted by molar-refractivity contribution is -0.145. The smallest absolute Gasteiger partial charge is 0.432 e. The first kappa shape index (κ1) is 38.8. The van der Waals surface area contributed by atoms with E-state index in [-0.39, 0.29) is 48.8 Å². The minimum atomic E-state index is -1.04. The van der Waals surface area contributed by atoms with E-state index in [1.165, 1.54) is 11.0 Å². The van der Waals surface area contributed by atoms with Gasteiger partial charge in [0, 0.05) is 13.1 Å². The van der Waals surface area contributed by atoms with Gasteiger partial charge in [-0.05, 0) is 61.7 Å². The predicted molar refractivity (Wildman–Crippen MR) is 180 cm³/mol. The lowest BCUT2D eigenvalue weighted by Crippen LogP contribution is -2.62. The maximum Gasteiger partial charge on any atom is 0.508 e. The summed E-state index contributed by atoms with van der Waals surface area (Å²) >= 11 is 0. The zero-order valence-electron chi connectivity index (χ0n) is 30.0. The molecule has 0 spiro atoms. The van der Waals surface area contributed by atoms with Gasteiger partial charge in [-0.1, -0.05) is 66.9 Å². The zero-order valence-corrected chi connectivity index (χ0v) is 30.0. The number of hydrogen-bond acceptors (Lipinski definition) is 8. The fourth-order valence-corrected chi connectivity index (χ4v) is 7.23. The molecule has 2 saturated carbocycles. The van der Waals surface area contributed by atoms with Crippen molar-refractivity contribution in [2.24, 2.45) is 28.6 Å². The Kier molecular flexibility index (Phi) is 13.1. The number of piperidine rings is 1. The number of carbonyl (C=O) groups is 6. The number of nitrogens with one attached hydrogen (secondary N) is 4. The summed E-state index contributed by atoms with van der Waals surface area (Å²) in [6.07, 6.45) is 4.87. The Morgan fingerprint density at radius 2 is 1.67 bits per heavy atom. The first-order valence-electron chi connectivity index (χ1n) is 17.4. The summed E-state index contributed by atoms with van der Waals surface area (Å²) < 4.78 is 10.4. The van der Waals surface area contributed by atoms with Crippen LogP contribution >= 0.6 is 0 Å². The third kappa shape index (κ3) is 9.49. The third-order valence-electron chi connectivity index (χ3n) is 9.99. The van der Waals surface area contributed by atoms with Gasteiger partial charge in [0.15, 0.2) is 0 Å². The summed E-state index contributed by atoms with van der Waals surface area (Å²) in [4.78, 5) is 80.8. The number of ketones is 1. The molecule has 13 heteroatoms. The minimum Gasteiger partial charge on any atom is -0.432 e. The fraction of sp³-hybridized carbons (Fsp3) is 0.771. The van der Waals surface area contributed by atoms with Crippen LogP contribution in [0, 0.1) is 28.6 Å². The van der Waals surface area contributed by atoms with Crippen molar-refractivity contribution in [1.82, 2.24) is 26.2 Å². The maximum absolute atomic E-state index is 14.3. The molecule has 5 amide bonds. The first-order chi connectivity index (χ1) is 22.4. The molecule has 1 heterocycles. The number of Topliss-reactive ketones (excluding diaryl/α,β-unsaturated/α-hetero) is 1. The van der Waals surface area contributed by atoms with Crippen LogP contribution in [-0.4, -0.2) is 90.6 Å². The van der Waals surface area contributed by atoms with E-state index in [1.54, 1.807) is 13.8 Å². The highest BCUT2D eigenvalue weighted by atomic mass is 16.7. The number of rotatable bonds is 15. The number of nitrogens with zero attached hydrogens (tertiary/aromatic N) is 1. The number of amides is 5. The van der Waals surface area contributed by atoms with Gasteiger partial charge in [0.2, 0.25) is 17.6 Å². The van der Waals surface area contributed by atoms with E-state index >= 15 is 0 Å². The van der Waals surface area contributed by atoms with Gasteiger partial charge in [-0.15, -0.1) is 6.58 Å². The molecule has 13 nitrogen and oxygen atoms in total. The molecule has 0 aromatic rings. The number of likely N-dealkylation sites (tertiary alicyclic amines) is 1. The van der Waals surface area contributed by atoms with E-state index < -0.39 is 65.3 Å². The second-order valence-corrected chi connectivity index (χ2v) is 15.4. The van der Waals surface area contributed by atoms with Gasteiger partial charge >= 0.3 is 12.2 Å². The molecular formula is C35H57N5O8. The van der Waals surface area contributed by atoms with Crippen LogP contribution < -0.4 is 21.3 Å². The molecule has 6 atom stereocenters. The van der Waals surface area contributed by atoms with Crippen LogP contribution in [0.3, 0.4) is 0 Å². The molecule has 1 unspecified atom stereocenters.